The maximum absolute atomic E-state index is 12.3. The Hall–Kier alpha value is -3.28. The Balaban J connectivity index is 2.22. The number of rotatable bonds is 4. The van der Waals surface area contributed by atoms with Gasteiger partial charge in [-0.25, -0.2) is 4.79 Å². The topological polar surface area (TPSA) is 97.0 Å². The highest BCUT2D eigenvalue weighted by molar-refractivity contribution is 5.89. The number of carboxylic acids is 1. The number of aromatic hydroxyl groups is 1. The maximum atomic E-state index is 12.3. The molecule has 2 aromatic carbocycles. The lowest BCUT2D eigenvalue weighted by molar-refractivity contribution is -0.139. The summed E-state index contributed by atoms with van der Waals surface area (Å²) in [5.41, 5.74) is 0.250. The van der Waals surface area contributed by atoms with Gasteiger partial charge in [-0.05, 0) is 12.1 Å². The molecule has 6 nitrogen and oxygen atoms in total. The van der Waals surface area contributed by atoms with Crippen molar-refractivity contribution in [1.82, 2.24) is 0 Å². The first-order chi connectivity index (χ1) is 11.1. The van der Waals surface area contributed by atoms with Gasteiger partial charge in [0.2, 0.25) is 0 Å². The van der Waals surface area contributed by atoms with E-state index in [-0.39, 0.29) is 22.5 Å². The van der Waals surface area contributed by atoms with Gasteiger partial charge in [-0.3, -0.25) is 4.79 Å². The summed E-state index contributed by atoms with van der Waals surface area (Å²) >= 11 is 0. The van der Waals surface area contributed by atoms with Crippen LogP contribution in [0.5, 0.6) is 11.5 Å². The molecule has 0 atom stereocenters. The Morgan fingerprint density at radius 3 is 2.57 bits per heavy atom. The first-order valence-corrected chi connectivity index (χ1v) is 6.76. The van der Waals surface area contributed by atoms with Gasteiger partial charge in [-0.1, -0.05) is 30.3 Å². The summed E-state index contributed by atoms with van der Waals surface area (Å²) in [6.07, 6.45) is 0. The van der Waals surface area contributed by atoms with Crippen molar-refractivity contribution < 1.29 is 24.2 Å². The van der Waals surface area contributed by atoms with Gasteiger partial charge in [0.15, 0.2) is 23.4 Å². The largest absolute Gasteiger partial charge is 0.507 e. The Kier molecular flexibility index (Phi) is 3.72. The van der Waals surface area contributed by atoms with Crippen molar-refractivity contribution in [3.05, 3.63) is 58.8 Å². The minimum Gasteiger partial charge on any atom is -0.507 e. The number of hydrogen-bond acceptors (Lipinski definition) is 5. The van der Waals surface area contributed by atoms with Crippen molar-refractivity contribution in [3.8, 4) is 22.8 Å². The number of ether oxygens (including phenoxy) is 1. The van der Waals surface area contributed by atoms with E-state index < -0.39 is 18.0 Å². The third kappa shape index (κ3) is 2.87. The molecule has 0 aliphatic rings. The lowest BCUT2D eigenvalue weighted by Crippen LogP contribution is -2.10. The normalized spacial score (nSPS) is 10.6. The van der Waals surface area contributed by atoms with Crippen LogP contribution in [0.2, 0.25) is 0 Å². The molecule has 0 fully saturated rings. The summed E-state index contributed by atoms with van der Waals surface area (Å²) in [6, 6.07) is 12.9. The smallest absolute Gasteiger partial charge is 0.341 e. The van der Waals surface area contributed by atoms with Crippen LogP contribution in [-0.4, -0.2) is 22.8 Å². The Labute approximate surface area is 130 Å². The van der Waals surface area contributed by atoms with E-state index in [1.165, 1.54) is 18.2 Å². The molecule has 0 saturated carbocycles. The van der Waals surface area contributed by atoms with Crippen LogP contribution in [0.3, 0.4) is 0 Å². The van der Waals surface area contributed by atoms with Crippen molar-refractivity contribution in [2.75, 3.05) is 6.61 Å². The molecule has 3 rings (SSSR count). The van der Waals surface area contributed by atoms with E-state index in [0.29, 0.717) is 11.3 Å². The molecule has 6 heteroatoms. The van der Waals surface area contributed by atoms with E-state index in [2.05, 4.69) is 0 Å². The van der Waals surface area contributed by atoms with Crippen molar-refractivity contribution in [2.24, 2.45) is 0 Å². The standard InChI is InChI=1S/C17H12O6/c18-11-6-7-13(22-9-15(20)21)17-16(11)12(19)8-14(23-17)10-4-2-1-3-5-10/h1-8,18H,9H2,(H,20,21). The lowest BCUT2D eigenvalue weighted by atomic mass is 10.1. The first-order valence-electron chi connectivity index (χ1n) is 6.76. The quantitative estimate of drug-likeness (QED) is 0.768. The predicted octanol–water partition coefficient (Wildman–Crippen LogP) is 2.63. The van der Waals surface area contributed by atoms with Gasteiger partial charge in [0.1, 0.15) is 16.9 Å². The Morgan fingerprint density at radius 2 is 1.87 bits per heavy atom. The zero-order valence-corrected chi connectivity index (χ0v) is 11.9. The van der Waals surface area contributed by atoms with E-state index in [0.717, 1.165) is 0 Å². The molecule has 1 heterocycles. The maximum Gasteiger partial charge on any atom is 0.341 e. The summed E-state index contributed by atoms with van der Waals surface area (Å²) in [6.45, 7) is -0.584. The van der Waals surface area contributed by atoms with Crippen LogP contribution in [0.15, 0.2) is 57.7 Å². The third-order valence-corrected chi connectivity index (χ3v) is 3.23. The van der Waals surface area contributed by atoms with Crippen LogP contribution in [0, 0.1) is 0 Å². The second-order valence-corrected chi connectivity index (χ2v) is 4.81. The van der Waals surface area contributed by atoms with Crippen molar-refractivity contribution >= 4 is 16.9 Å². The van der Waals surface area contributed by atoms with Gasteiger partial charge in [-0.15, -0.1) is 0 Å². The van der Waals surface area contributed by atoms with Crippen molar-refractivity contribution in [3.63, 3.8) is 0 Å². The molecule has 3 aromatic rings. The molecular weight excluding hydrogens is 300 g/mol. The predicted molar refractivity (Wildman–Crippen MR) is 82.7 cm³/mol. The zero-order valence-electron chi connectivity index (χ0n) is 11.9. The molecule has 1 aromatic heterocycles. The van der Waals surface area contributed by atoms with Crippen LogP contribution in [0.4, 0.5) is 0 Å². The highest BCUT2D eigenvalue weighted by Gasteiger charge is 2.15. The zero-order chi connectivity index (χ0) is 16.4. The van der Waals surface area contributed by atoms with Gasteiger partial charge < -0.3 is 19.4 Å². The van der Waals surface area contributed by atoms with Crippen LogP contribution in [0.25, 0.3) is 22.3 Å². The van der Waals surface area contributed by atoms with Crippen LogP contribution >= 0.6 is 0 Å². The molecule has 0 saturated heterocycles. The monoisotopic (exact) mass is 312 g/mol. The summed E-state index contributed by atoms with van der Waals surface area (Å²) < 4.78 is 10.8. The van der Waals surface area contributed by atoms with Crippen LogP contribution in [-0.2, 0) is 4.79 Å². The fourth-order valence-electron chi connectivity index (χ4n) is 2.22. The average molecular weight is 312 g/mol. The van der Waals surface area contributed by atoms with Crippen LogP contribution < -0.4 is 10.2 Å². The Morgan fingerprint density at radius 1 is 1.13 bits per heavy atom. The number of carbonyl (C=O) groups is 1. The number of carboxylic acid groups (broad SMARTS) is 1. The van der Waals surface area contributed by atoms with Gasteiger partial charge in [0, 0.05) is 11.6 Å². The van der Waals surface area contributed by atoms with E-state index in [1.807, 2.05) is 6.07 Å². The second kappa shape index (κ2) is 5.84. The fraction of sp³-hybridized carbons (Fsp3) is 0.0588. The van der Waals surface area contributed by atoms with Gasteiger partial charge in [-0.2, -0.15) is 0 Å². The average Bonchev–Trinajstić information content (AvgIpc) is 2.54. The number of benzene rings is 2. The SMILES string of the molecule is O=C(O)COc1ccc(O)c2c(=O)cc(-c3ccccc3)oc12. The number of phenolic OH excluding ortho intramolecular Hbond substituents is 1. The molecule has 0 amide bonds. The Bertz CT molecular complexity index is 927. The van der Waals surface area contributed by atoms with Gasteiger partial charge in [0.25, 0.3) is 0 Å². The number of phenols is 1. The summed E-state index contributed by atoms with van der Waals surface area (Å²) in [5, 5.41) is 18.6. The third-order valence-electron chi connectivity index (χ3n) is 3.23. The first kappa shape index (κ1) is 14.6. The molecule has 2 N–H and O–H groups in total. The minimum atomic E-state index is -1.16. The molecule has 0 spiro atoms. The molecule has 0 bridgehead atoms. The van der Waals surface area contributed by atoms with E-state index >= 15 is 0 Å². The second-order valence-electron chi connectivity index (χ2n) is 4.81. The molecular formula is C17H12O6. The molecule has 0 unspecified atom stereocenters. The number of hydrogen-bond donors (Lipinski definition) is 2. The highest BCUT2D eigenvalue weighted by atomic mass is 16.5. The fourth-order valence-corrected chi connectivity index (χ4v) is 2.22. The van der Waals surface area contributed by atoms with Crippen molar-refractivity contribution in [1.29, 1.82) is 0 Å². The number of fused-ring (bicyclic) bond motifs is 1. The lowest BCUT2D eigenvalue weighted by Gasteiger charge is -2.09. The van der Waals surface area contributed by atoms with E-state index in [1.54, 1.807) is 24.3 Å². The molecule has 116 valence electrons. The van der Waals surface area contributed by atoms with Crippen LogP contribution in [0.1, 0.15) is 0 Å². The minimum absolute atomic E-state index is 0.0117. The van der Waals surface area contributed by atoms with Gasteiger partial charge in [0.05, 0.1) is 0 Å². The number of aliphatic carboxylic acids is 1. The molecule has 0 radical (unpaired) electrons. The molecule has 0 aliphatic heterocycles. The van der Waals surface area contributed by atoms with Crippen molar-refractivity contribution in [2.45, 2.75) is 0 Å². The summed E-state index contributed by atoms with van der Waals surface area (Å²) in [5.74, 6) is -1.03. The molecule has 0 aliphatic carbocycles. The highest BCUT2D eigenvalue weighted by Crippen LogP contribution is 2.33. The van der Waals surface area contributed by atoms with Gasteiger partial charge >= 0.3 is 5.97 Å². The van der Waals surface area contributed by atoms with E-state index in [4.69, 9.17) is 14.3 Å². The molecule has 23 heavy (non-hydrogen) atoms. The summed E-state index contributed by atoms with van der Waals surface area (Å²) in [4.78, 5) is 23.0. The van der Waals surface area contributed by atoms with E-state index in [9.17, 15) is 14.7 Å². The summed E-state index contributed by atoms with van der Waals surface area (Å²) in [7, 11) is 0.